The summed E-state index contributed by atoms with van der Waals surface area (Å²) in [5.74, 6) is -0.490. The molecule has 39 heavy (non-hydrogen) atoms. The predicted octanol–water partition coefficient (Wildman–Crippen LogP) is 2.88. The molecule has 4 rings (SSSR count). The maximum atomic E-state index is 13.2. The van der Waals surface area contributed by atoms with Gasteiger partial charge in [-0.1, -0.05) is 17.7 Å². The lowest BCUT2D eigenvalue weighted by molar-refractivity contribution is -0.116. The molecule has 1 fully saturated rings. The summed E-state index contributed by atoms with van der Waals surface area (Å²) in [6.07, 6.45) is 1.78. The number of benzene rings is 2. The highest BCUT2D eigenvalue weighted by Gasteiger charge is 2.20. The molecule has 0 radical (unpaired) electrons. The second-order valence-corrected chi connectivity index (χ2v) is 10.0. The van der Waals surface area contributed by atoms with Crippen LogP contribution in [-0.4, -0.2) is 85.2 Å². The summed E-state index contributed by atoms with van der Waals surface area (Å²) < 4.78 is 6.93. The molecule has 3 aromatic rings. The van der Waals surface area contributed by atoms with Crippen LogP contribution in [0.2, 0.25) is 5.02 Å². The molecule has 1 aliphatic heterocycles. The van der Waals surface area contributed by atoms with Gasteiger partial charge in [-0.15, -0.1) is 0 Å². The van der Waals surface area contributed by atoms with E-state index in [-0.39, 0.29) is 23.8 Å². The van der Waals surface area contributed by atoms with Gasteiger partial charge in [-0.05, 0) is 61.6 Å². The van der Waals surface area contributed by atoms with Gasteiger partial charge in [0.05, 0.1) is 19.3 Å². The number of nitrogens with zero attached hydrogens (tertiary/aromatic N) is 3. The van der Waals surface area contributed by atoms with Crippen molar-refractivity contribution in [2.75, 3.05) is 58.3 Å². The molecule has 2 heterocycles. The quantitative estimate of drug-likeness (QED) is 0.380. The summed E-state index contributed by atoms with van der Waals surface area (Å²) in [6, 6.07) is 18.2. The number of amides is 2. The molecule has 0 spiro atoms. The highest BCUT2D eigenvalue weighted by Crippen LogP contribution is 2.14. The summed E-state index contributed by atoms with van der Waals surface area (Å²) in [6.45, 7) is 5.48. The van der Waals surface area contributed by atoms with Gasteiger partial charge in [0.2, 0.25) is 5.91 Å². The summed E-state index contributed by atoms with van der Waals surface area (Å²) in [5, 5.41) is 6.50. The summed E-state index contributed by atoms with van der Waals surface area (Å²) in [4.78, 5) is 42.6. The van der Waals surface area contributed by atoms with Crippen molar-refractivity contribution in [3.8, 4) is 5.69 Å². The fourth-order valence-corrected chi connectivity index (χ4v) is 4.54. The number of morpholine rings is 1. The number of hydrogen-bond acceptors (Lipinski definition) is 6. The summed E-state index contributed by atoms with van der Waals surface area (Å²) in [5.41, 5.74) is 1.60. The van der Waals surface area contributed by atoms with Crippen molar-refractivity contribution in [2.24, 2.45) is 0 Å². The number of halogens is 1. The van der Waals surface area contributed by atoms with Crippen molar-refractivity contribution in [3.63, 3.8) is 0 Å². The zero-order chi connectivity index (χ0) is 27.6. The SMILES string of the molecule is CN(CCN1CCOCC1)CC(CC(=O)Nc1ccc(Cl)cc1)NC(=O)c1ccc(-n2ccccc2=O)cc1. The largest absolute Gasteiger partial charge is 0.379 e. The van der Waals surface area contributed by atoms with Crippen LogP contribution in [0.3, 0.4) is 0 Å². The average Bonchev–Trinajstić information content (AvgIpc) is 2.94. The third kappa shape index (κ3) is 8.76. The topological polar surface area (TPSA) is 95.9 Å². The highest BCUT2D eigenvalue weighted by molar-refractivity contribution is 6.30. The number of nitrogens with one attached hydrogen (secondary N) is 2. The minimum Gasteiger partial charge on any atom is -0.379 e. The number of likely N-dealkylation sites (N-methyl/N-ethyl adjacent to an activating group) is 1. The Labute approximate surface area is 233 Å². The Hall–Kier alpha value is -3.50. The Morgan fingerprint density at radius 1 is 1.03 bits per heavy atom. The van der Waals surface area contributed by atoms with Gasteiger partial charge in [-0.25, -0.2) is 0 Å². The van der Waals surface area contributed by atoms with E-state index in [2.05, 4.69) is 20.4 Å². The first-order valence-electron chi connectivity index (χ1n) is 13.0. The van der Waals surface area contributed by atoms with Gasteiger partial charge in [-0.3, -0.25) is 23.9 Å². The van der Waals surface area contributed by atoms with E-state index in [1.165, 1.54) is 10.6 Å². The Morgan fingerprint density at radius 3 is 2.44 bits per heavy atom. The monoisotopic (exact) mass is 551 g/mol. The Kier molecular flexibility index (Phi) is 10.3. The fourth-order valence-electron chi connectivity index (χ4n) is 4.42. The van der Waals surface area contributed by atoms with Crippen LogP contribution in [-0.2, 0) is 9.53 Å². The molecule has 1 unspecified atom stereocenters. The van der Waals surface area contributed by atoms with E-state index in [4.69, 9.17) is 16.3 Å². The van der Waals surface area contributed by atoms with Crippen molar-refractivity contribution in [3.05, 3.63) is 93.9 Å². The predicted molar refractivity (Wildman–Crippen MR) is 153 cm³/mol. The molecule has 9 nitrogen and oxygen atoms in total. The molecule has 0 aliphatic carbocycles. The zero-order valence-corrected chi connectivity index (χ0v) is 22.8. The number of anilines is 1. The normalized spacial score (nSPS) is 14.6. The van der Waals surface area contributed by atoms with Gasteiger partial charge < -0.3 is 20.3 Å². The smallest absolute Gasteiger partial charge is 0.255 e. The maximum Gasteiger partial charge on any atom is 0.255 e. The van der Waals surface area contributed by atoms with Crippen molar-refractivity contribution >= 4 is 29.1 Å². The summed E-state index contributed by atoms with van der Waals surface area (Å²) >= 11 is 5.95. The van der Waals surface area contributed by atoms with E-state index in [0.717, 1.165) is 39.4 Å². The van der Waals surface area contributed by atoms with Gasteiger partial charge in [0.1, 0.15) is 0 Å². The molecular formula is C29H34ClN5O4. The molecule has 2 amide bonds. The van der Waals surface area contributed by atoms with Crippen LogP contribution < -0.4 is 16.2 Å². The van der Waals surface area contributed by atoms with Crippen LogP contribution in [0.5, 0.6) is 0 Å². The molecule has 1 aliphatic rings. The van der Waals surface area contributed by atoms with E-state index in [0.29, 0.717) is 28.5 Å². The van der Waals surface area contributed by atoms with Gasteiger partial charge in [0.25, 0.3) is 11.5 Å². The first kappa shape index (κ1) is 28.5. The highest BCUT2D eigenvalue weighted by atomic mass is 35.5. The molecule has 0 bridgehead atoms. The number of pyridine rings is 1. The minimum absolute atomic E-state index is 0.105. The molecule has 1 saturated heterocycles. The third-order valence-corrected chi connectivity index (χ3v) is 6.81. The number of carbonyl (C=O) groups is 2. The van der Waals surface area contributed by atoms with Gasteiger partial charge in [0, 0.05) is 73.4 Å². The molecular weight excluding hydrogens is 518 g/mol. The molecule has 10 heteroatoms. The van der Waals surface area contributed by atoms with Crippen LogP contribution in [0, 0.1) is 0 Å². The van der Waals surface area contributed by atoms with Crippen molar-refractivity contribution in [1.29, 1.82) is 0 Å². The van der Waals surface area contributed by atoms with Crippen LogP contribution in [0.1, 0.15) is 16.8 Å². The fraction of sp³-hybridized carbons (Fsp3) is 0.345. The third-order valence-electron chi connectivity index (χ3n) is 6.56. The van der Waals surface area contributed by atoms with Crippen molar-refractivity contribution in [1.82, 2.24) is 19.7 Å². The van der Waals surface area contributed by atoms with Crippen LogP contribution in [0.25, 0.3) is 5.69 Å². The van der Waals surface area contributed by atoms with E-state index in [1.54, 1.807) is 66.9 Å². The van der Waals surface area contributed by atoms with Crippen LogP contribution in [0.4, 0.5) is 5.69 Å². The second-order valence-electron chi connectivity index (χ2n) is 9.60. The van der Waals surface area contributed by atoms with E-state index in [9.17, 15) is 14.4 Å². The van der Waals surface area contributed by atoms with Crippen LogP contribution >= 0.6 is 11.6 Å². The molecule has 1 aromatic heterocycles. The lowest BCUT2D eigenvalue weighted by atomic mass is 10.1. The summed E-state index contributed by atoms with van der Waals surface area (Å²) in [7, 11) is 1.99. The average molecular weight is 552 g/mol. The van der Waals surface area contributed by atoms with E-state index in [1.807, 2.05) is 7.05 Å². The number of hydrogen-bond donors (Lipinski definition) is 2. The standard InChI is InChI=1S/C29H34ClN5O4/c1-33(14-15-34-16-18-39-19-17-34)21-25(20-27(36)31-24-9-7-23(30)8-10-24)32-29(38)22-5-11-26(12-6-22)35-13-3-2-4-28(35)37/h2-13,25H,14-21H2,1H3,(H,31,36)(H,32,38). The first-order valence-corrected chi connectivity index (χ1v) is 13.4. The minimum atomic E-state index is -0.420. The van der Waals surface area contributed by atoms with Gasteiger partial charge in [-0.2, -0.15) is 0 Å². The number of aromatic nitrogens is 1. The van der Waals surface area contributed by atoms with E-state index < -0.39 is 6.04 Å². The number of ether oxygens (including phenoxy) is 1. The molecule has 206 valence electrons. The first-order chi connectivity index (χ1) is 18.9. The van der Waals surface area contributed by atoms with Crippen molar-refractivity contribution in [2.45, 2.75) is 12.5 Å². The molecule has 0 saturated carbocycles. The second kappa shape index (κ2) is 14.0. The molecule has 2 aromatic carbocycles. The molecule has 1 atom stereocenters. The Balaban J connectivity index is 1.40. The zero-order valence-electron chi connectivity index (χ0n) is 22.0. The van der Waals surface area contributed by atoms with E-state index >= 15 is 0 Å². The Bertz CT molecular complexity index is 1290. The lowest BCUT2D eigenvalue weighted by Crippen LogP contribution is -2.47. The van der Waals surface area contributed by atoms with Gasteiger partial charge >= 0.3 is 0 Å². The lowest BCUT2D eigenvalue weighted by Gasteiger charge is -2.30. The van der Waals surface area contributed by atoms with Gasteiger partial charge in [0.15, 0.2) is 0 Å². The van der Waals surface area contributed by atoms with Crippen LogP contribution in [0.15, 0.2) is 77.7 Å². The molecule has 2 N–H and O–H groups in total. The number of carbonyl (C=O) groups excluding carboxylic acids is 2. The maximum absolute atomic E-state index is 13.2. The number of rotatable bonds is 11. The Morgan fingerprint density at radius 2 is 1.74 bits per heavy atom. The van der Waals surface area contributed by atoms with Crippen molar-refractivity contribution < 1.29 is 14.3 Å².